The summed E-state index contributed by atoms with van der Waals surface area (Å²) < 4.78 is 76.4. The van der Waals surface area contributed by atoms with E-state index in [1.807, 2.05) is 12.1 Å². The zero-order valence-electron chi connectivity index (χ0n) is 17.3. The molecule has 0 fully saturated rings. The normalized spacial score (nSPS) is 11.8. The Kier molecular flexibility index (Phi) is 6.60. The summed E-state index contributed by atoms with van der Waals surface area (Å²) in [5.41, 5.74) is 1.10. The third kappa shape index (κ3) is 5.87. The van der Waals surface area contributed by atoms with Gasteiger partial charge in [0.25, 0.3) is 0 Å². The minimum Gasteiger partial charge on any atom is -0.489 e. The average molecular weight is 462 g/mol. The van der Waals surface area contributed by atoms with Gasteiger partial charge in [-0.05, 0) is 60.5 Å². The molecule has 1 N–H and O–H groups in total. The molecule has 3 aromatic carbocycles. The molecule has 33 heavy (non-hydrogen) atoms. The third-order valence-corrected chi connectivity index (χ3v) is 4.96. The van der Waals surface area contributed by atoms with Crippen molar-refractivity contribution in [2.75, 3.05) is 6.61 Å². The zero-order chi connectivity index (χ0) is 23.4. The average Bonchev–Trinajstić information content (AvgIpc) is 3.19. The summed E-state index contributed by atoms with van der Waals surface area (Å²) in [6.45, 7) is 0.421. The van der Waals surface area contributed by atoms with Crippen molar-refractivity contribution >= 4 is 11.0 Å². The van der Waals surface area contributed by atoms with E-state index in [2.05, 4.69) is 9.97 Å². The van der Waals surface area contributed by atoms with Gasteiger partial charge in [0.2, 0.25) is 0 Å². The number of nitrogens with one attached hydrogen (secondary N) is 1. The molecule has 0 radical (unpaired) electrons. The summed E-state index contributed by atoms with van der Waals surface area (Å²) in [7, 11) is 0. The van der Waals surface area contributed by atoms with Gasteiger partial charge in [-0.2, -0.15) is 13.2 Å². The minimum absolute atomic E-state index is 0.0893. The number of hydrogen-bond acceptors (Lipinski definition) is 3. The summed E-state index contributed by atoms with van der Waals surface area (Å²) in [4.78, 5) is 7.10. The number of halogens is 5. The Morgan fingerprint density at radius 2 is 1.67 bits per heavy atom. The number of alkyl halides is 3. The summed E-state index contributed by atoms with van der Waals surface area (Å²) in [6.07, 6.45) is -3.82. The van der Waals surface area contributed by atoms with Gasteiger partial charge in [-0.25, -0.2) is 13.8 Å². The van der Waals surface area contributed by atoms with Gasteiger partial charge < -0.3 is 14.5 Å². The van der Waals surface area contributed by atoms with Crippen LogP contribution in [0.1, 0.15) is 22.5 Å². The summed E-state index contributed by atoms with van der Waals surface area (Å²) in [5, 5.41) is 0. The minimum atomic E-state index is -4.42. The van der Waals surface area contributed by atoms with Gasteiger partial charge in [0.1, 0.15) is 36.4 Å². The van der Waals surface area contributed by atoms with Gasteiger partial charge in [-0.3, -0.25) is 0 Å². The van der Waals surface area contributed by atoms with Gasteiger partial charge in [0, 0.05) is 5.56 Å². The predicted molar refractivity (Wildman–Crippen MR) is 112 cm³/mol. The van der Waals surface area contributed by atoms with Crippen molar-refractivity contribution in [1.29, 1.82) is 0 Å². The van der Waals surface area contributed by atoms with Crippen LogP contribution < -0.4 is 4.74 Å². The molecular weight excluding hydrogens is 443 g/mol. The third-order valence-electron chi connectivity index (χ3n) is 4.96. The van der Waals surface area contributed by atoms with Crippen molar-refractivity contribution in [2.24, 2.45) is 0 Å². The summed E-state index contributed by atoms with van der Waals surface area (Å²) >= 11 is 0. The highest BCUT2D eigenvalue weighted by Gasteiger charge is 2.30. The van der Waals surface area contributed by atoms with Gasteiger partial charge in [0.15, 0.2) is 0 Å². The Labute approximate surface area is 186 Å². The number of aromatic amines is 1. The highest BCUT2D eigenvalue weighted by atomic mass is 19.4. The van der Waals surface area contributed by atoms with Crippen LogP contribution in [-0.4, -0.2) is 16.6 Å². The number of fused-ring (bicyclic) bond motifs is 1. The number of hydrogen-bond donors (Lipinski definition) is 1. The molecule has 1 aromatic heterocycles. The van der Waals surface area contributed by atoms with E-state index < -0.39 is 23.4 Å². The van der Waals surface area contributed by atoms with E-state index in [4.69, 9.17) is 9.47 Å². The number of benzene rings is 3. The lowest BCUT2D eigenvalue weighted by molar-refractivity contribution is -0.137. The van der Waals surface area contributed by atoms with E-state index in [-0.39, 0.29) is 24.3 Å². The lowest BCUT2D eigenvalue weighted by Crippen LogP contribution is -2.04. The molecule has 4 nitrogen and oxygen atoms in total. The number of aromatic nitrogens is 2. The number of rotatable bonds is 8. The van der Waals surface area contributed by atoms with Crippen LogP contribution in [0.3, 0.4) is 0 Å². The lowest BCUT2D eigenvalue weighted by Gasteiger charge is -2.08. The monoisotopic (exact) mass is 462 g/mol. The molecule has 0 atom stereocenters. The SMILES string of the molecule is Fc1ccc(F)c(COc2ccc(CCOCc3nc4cc(C(F)(F)F)ccc4[nH]3)cc2)c1. The fourth-order valence-electron chi connectivity index (χ4n) is 3.23. The number of H-pyrrole nitrogens is 1. The first-order valence-electron chi connectivity index (χ1n) is 10.1. The van der Waals surface area contributed by atoms with Crippen LogP contribution in [0.25, 0.3) is 11.0 Å². The van der Waals surface area contributed by atoms with Crippen LogP contribution in [0.5, 0.6) is 5.75 Å². The van der Waals surface area contributed by atoms with Gasteiger partial charge in [-0.1, -0.05) is 12.1 Å². The maximum atomic E-state index is 13.6. The molecule has 0 aliphatic heterocycles. The Balaban J connectivity index is 1.25. The van der Waals surface area contributed by atoms with Crippen molar-refractivity contribution in [3.63, 3.8) is 0 Å². The summed E-state index contributed by atoms with van der Waals surface area (Å²) in [5.74, 6) is -0.101. The second-order valence-corrected chi connectivity index (χ2v) is 7.38. The molecule has 4 rings (SSSR count). The van der Waals surface area contributed by atoms with Gasteiger partial charge >= 0.3 is 6.18 Å². The number of imidazole rings is 1. The molecule has 0 spiro atoms. The fraction of sp³-hybridized carbons (Fsp3) is 0.208. The largest absolute Gasteiger partial charge is 0.489 e. The second-order valence-electron chi connectivity index (χ2n) is 7.38. The number of ether oxygens (including phenoxy) is 2. The topological polar surface area (TPSA) is 47.1 Å². The van der Waals surface area contributed by atoms with Crippen molar-refractivity contribution in [3.05, 3.63) is 94.8 Å². The fourth-order valence-corrected chi connectivity index (χ4v) is 3.23. The van der Waals surface area contributed by atoms with Gasteiger partial charge in [-0.15, -0.1) is 0 Å². The molecule has 0 saturated carbocycles. The van der Waals surface area contributed by atoms with E-state index >= 15 is 0 Å². The maximum absolute atomic E-state index is 13.6. The molecule has 172 valence electrons. The molecule has 0 saturated heterocycles. The Bertz CT molecular complexity index is 1240. The molecule has 0 aliphatic rings. The van der Waals surface area contributed by atoms with E-state index in [1.165, 1.54) is 6.07 Å². The van der Waals surface area contributed by atoms with Gasteiger partial charge in [0.05, 0.1) is 23.2 Å². The molecule has 0 amide bonds. The van der Waals surface area contributed by atoms with E-state index in [0.29, 0.717) is 30.1 Å². The standard InChI is InChI=1S/C24H19F5N2O2/c25-18-4-7-20(26)16(11-18)13-33-19-5-1-15(2-6-19)9-10-32-14-23-30-21-8-3-17(24(27,28)29)12-22(21)31-23/h1-8,11-12H,9-10,13-14H2,(H,30,31). The second kappa shape index (κ2) is 9.58. The van der Waals surface area contributed by atoms with Crippen LogP contribution in [0.2, 0.25) is 0 Å². The molecular formula is C24H19F5N2O2. The highest BCUT2D eigenvalue weighted by Crippen LogP contribution is 2.30. The first-order valence-corrected chi connectivity index (χ1v) is 10.1. The van der Waals surface area contributed by atoms with Crippen molar-refractivity contribution in [1.82, 2.24) is 9.97 Å². The first kappa shape index (κ1) is 22.7. The lowest BCUT2D eigenvalue weighted by atomic mass is 10.1. The Morgan fingerprint density at radius 3 is 2.42 bits per heavy atom. The molecule has 9 heteroatoms. The van der Waals surface area contributed by atoms with Crippen LogP contribution in [-0.2, 0) is 30.5 Å². The van der Waals surface area contributed by atoms with Crippen molar-refractivity contribution in [2.45, 2.75) is 25.8 Å². The van der Waals surface area contributed by atoms with Crippen LogP contribution in [0.15, 0.2) is 60.7 Å². The van der Waals surface area contributed by atoms with Crippen molar-refractivity contribution < 1.29 is 31.4 Å². The smallest absolute Gasteiger partial charge is 0.416 e. The molecule has 0 unspecified atom stereocenters. The maximum Gasteiger partial charge on any atom is 0.416 e. The quantitative estimate of drug-likeness (QED) is 0.251. The highest BCUT2D eigenvalue weighted by molar-refractivity contribution is 5.76. The summed E-state index contributed by atoms with van der Waals surface area (Å²) in [6, 6.07) is 13.7. The van der Waals surface area contributed by atoms with E-state index in [1.54, 1.807) is 12.1 Å². The molecule has 0 bridgehead atoms. The number of nitrogens with zero attached hydrogens (tertiary/aromatic N) is 1. The Morgan fingerprint density at radius 1 is 0.879 bits per heavy atom. The Hall–Kier alpha value is -3.46. The predicted octanol–water partition coefficient (Wildman–Crippen LogP) is 6.20. The van der Waals surface area contributed by atoms with Crippen LogP contribution >= 0.6 is 0 Å². The van der Waals surface area contributed by atoms with Crippen molar-refractivity contribution in [3.8, 4) is 5.75 Å². The van der Waals surface area contributed by atoms with Crippen LogP contribution in [0, 0.1) is 11.6 Å². The molecule has 4 aromatic rings. The first-order chi connectivity index (χ1) is 15.8. The van der Waals surface area contributed by atoms with E-state index in [0.717, 1.165) is 35.9 Å². The zero-order valence-corrected chi connectivity index (χ0v) is 17.3. The molecule has 1 heterocycles. The van der Waals surface area contributed by atoms with E-state index in [9.17, 15) is 22.0 Å². The van der Waals surface area contributed by atoms with Crippen LogP contribution in [0.4, 0.5) is 22.0 Å². The molecule has 0 aliphatic carbocycles.